The number of fused-ring (bicyclic) bond motifs is 5. The molecule has 5 amide bonds. The molecule has 1 saturated heterocycles. The summed E-state index contributed by atoms with van der Waals surface area (Å²) in [7, 11) is 0. The van der Waals surface area contributed by atoms with Crippen LogP contribution in [0.3, 0.4) is 0 Å². The summed E-state index contributed by atoms with van der Waals surface area (Å²) in [6.45, 7) is 12.1. The van der Waals surface area contributed by atoms with Gasteiger partial charge in [0, 0.05) is 53.5 Å². The number of ether oxygens (including phenoxy) is 12. The first-order valence-corrected chi connectivity index (χ1v) is 33.5. The van der Waals surface area contributed by atoms with Gasteiger partial charge in [-0.1, -0.05) is 38.1 Å². The smallest absolute Gasteiger partial charge is 0.508 e. The van der Waals surface area contributed by atoms with Crippen molar-refractivity contribution in [2.24, 2.45) is 17.8 Å². The van der Waals surface area contributed by atoms with Crippen LogP contribution >= 0.6 is 0 Å². The fourth-order valence-electron chi connectivity index (χ4n) is 12.0. The second-order valence-corrected chi connectivity index (χ2v) is 24.0. The fraction of sp³-hybridized carbons (Fsp3) is 0.574. The predicted molar refractivity (Wildman–Crippen MR) is 348 cm³/mol. The molecule has 30 heteroatoms. The molecule has 2 aromatic carbocycles. The zero-order valence-corrected chi connectivity index (χ0v) is 55.9. The summed E-state index contributed by atoms with van der Waals surface area (Å²) in [6.07, 6.45) is 4.53. The Hall–Kier alpha value is -8.33. The molecule has 0 radical (unpaired) electrons. The number of phenols is 1. The largest absolute Gasteiger partial charge is 0.510 e. The maximum Gasteiger partial charge on any atom is 0.510 e. The lowest BCUT2D eigenvalue weighted by atomic mass is 9.81. The van der Waals surface area contributed by atoms with Crippen LogP contribution in [-0.4, -0.2) is 208 Å². The van der Waals surface area contributed by atoms with Crippen LogP contribution in [0.2, 0.25) is 0 Å². The molecule has 4 aliphatic rings. The number of phenolic OH excluding ortho intramolecular Hbond substituents is 1. The molecule has 9 rings (SSSR count). The van der Waals surface area contributed by atoms with Crippen molar-refractivity contribution in [1.82, 2.24) is 40.1 Å². The second-order valence-electron chi connectivity index (χ2n) is 24.0. The Labute approximate surface area is 566 Å². The number of hydrogen-bond donors (Lipinski definition) is 4. The van der Waals surface area contributed by atoms with Crippen LogP contribution in [0, 0.1) is 17.8 Å². The number of esters is 1. The number of anilines is 1. The minimum absolute atomic E-state index is 0.0142. The first-order valence-electron chi connectivity index (χ1n) is 33.5. The third kappa shape index (κ3) is 20.6. The molecule has 98 heavy (non-hydrogen) atoms. The van der Waals surface area contributed by atoms with Crippen molar-refractivity contribution in [3.63, 3.8) is 0 Å². The lowest BCUT2D eigenvalue weighted by Crippen LogP contribution is -2.47. The highest BCUT2D eigenvalue weighted by atomic mass is 16.7. The van der Waals surface area contributed by atoms with Gasteiger partial charge in [0.2, 0.25) is 35.1 Å². The topological polar surface area (TPSA) is 355 Å². The van der Waals surface area contributed by atoms with Crippen molar-refractivity contribution in [3.8, 4) is 17.1 Å². The van der Waals surface area contributed by atoms with Crippen molar-refractivity contribution in [3.05, 3.63) is 98.6 Å². The van der Waals surface area contributed by atoms with E-state index in [-0.39, 0.29) is 111 Å². The van der Waals surface area contributed by atoms with Crippen molar-refractivity contribution in [2.45, 2.75) is 104 Å². The monoisotopic (exact) mass is 1370 g/mol. The van der Waals surface area contributed by atoms with E-state index < -0.39 is 35.1 Å². The van der Waals surface area contributed by atoms with Crippen LogP contribution in [0.25, 0.3) is 22.3 Å². The molecule has 1 saturated carbocycles. The Morgan fingerprint density at radius 2 is 1.34 bits per heavy atom. The van der Waals surface area contributed by atoms with E-state index in [1.807, 2.05) is 6.92 Å². The molecular formula is C68H89N9O21. The summed E-state index contributed by atoms with van der Waals surface area (Å²) in [6, 6.07) is 13.0. The molecule has 1 aliphatic carbocycles. The van der Waals surface area contributed by atoms with Gasteiger partial charge < -0.3 is 82.5 Å². The van der Waals surface area contributed by atoms with Crippen molar-refractivity contribution < 1.29 is 95.5 Å². The van der Waals surface area contributed by atoms with E-state index in [9.17, 15) is 43.5 Å². The summed E-state index contributed by atoms with van der Waals surface area (Å²) in [5.74, 6) is -1.95. The number of carbonyl (C=O) groups excluding carboxylic acids is 7. The predicted octanol–water partition coefficient (Wildman–Crippen LogP) is 4.02. The number of hydrogen-bond acceptors (Lipinski definition) is 24. The van der Waals surface area contributed by atoms with Gasteiger partial charge in [-0.3, -0.25) is 33.7 Å². The lowest BCUT2D eigenvalue weighted by molar-refractivity contribution is -0.175. The maximum absolute atomic E-state index is 14.1. The number of pyridine rings is 2. The molecule has 1 unspecified atom stereocenters. The van der Waals surface area contributed by atoms with Gasteiger partial charge in [-0.05, 0) is 92.0 Å². The summed E-state index contributed by atoms with van der Waals surface area (Å²) < 4.78 is 69.6. The number of likely N-dealkylation sites (tertiary alicyclic amines) is 1. The van der Waals surface area contributed by atoms with Crippen molar-refractivity contribution in [1.29, 1.82) is 0 Å². The number of cyclic esters (lactones) is 1. The molecule has 3 aliphatic heterocycles. The van der Waals surface area contributed by atoms with Crippen molar-refractivity contribution in [2.75, 3.05) is 137 Å². The van der Waals surface area contributed by atoms with E-state index in [2.05, 4.69) is 26.3 Å². The quantitative estimate of drug-likeness (QED) is 0.0239. The highest BCUT2D eigenvalue weighted by molar-refractivity contribution is 6.03. The number of nitrogens with zero attached hydrogens (tertiary/aromatic N) is 6. The Kier molecular flexibility index (Phi) is 28.3. The first-order chi connectivity index (χ1) is 47.6. The van der Waals surface area contributed by atoms with Crippen LogP contribution in [0.15, 0.2) is 59.5 Å². The van der Waals surface area contributed by atoms with Crippen LogP contribution in [0.1, 0.15) is 92.8 Å². The second kappa shape index (κ2) is 37.6. The Morgan fingerprint density at radius 1 is 0.714 bits per heavy atom. The SMILES string of the molecule is CCc1c2c(nc3ccc(O)cc13)-c1cc3c(c(=O)n1C2)COC(=O)[C@@]3(CC)OC(=O)OCc1ccc(NC(=O)COCC(=O)NCCOCCOCCOCCOCCOCCOCCOCCOCCn2cc(CNC(=O)C3CCC(CN4C(=O)CC(C)C4=O)CC3)nn2)cc1. The van der Waals surface area contributed by atoms with Crippen LogP contribution in [0.5, 0.6) is 5.75 Å². The van der Waals surface area contributed by atoms with E-state index in [4.69, 9.17) is 61.8 Å². The van der Waals surface area contributed by atoms with Gasteiger partial charge in [-0.15, -0.1) is 5.10 Å². The van der Waals surface area contributed by atoms with E-state index in [0.717, 1.165) is 42.2 Å². The Morgan fingerprint density at radius 3 is 1.95 bits per heavy atom. The Balaban J connectivity index is 0.504. The van der Waals surface area contributed by atoms with E-state index in [0.29, 0.717) is 159 Å². The summed E-state index contributed by atoms with van der Waals surface area (Å²) in [5, 5.41) is 27.6. The zero-order chi connectivity index (χ0) is 69.2. The number of aryl methyl sites for hydroxylation is 1. The van der Waals surface area contributed by atoms with E-state index in [1.165, 1.54) is 4.90 Å². The fourth-order valence-corrected chi connectivity index (χ4v) is 12.0. The standard InChI is InChI=1S/C68H89N9O21/c1-4-52-53-35-51(78)14-15-57(53)72-62-54(52)40-76-58(62)36-56-55(65(76)84)42-96-66(85)68(56,5-2)98-67(86)97-41-47-8-12-49(13-9-47)71-60(80)44-95-43-59(79)69-16-18-87-20-22-89-24-26-91-28-30-93-32-33-94-31-29-92-27-25-90-23-21-88-19-17-75-39-50(73-74-75)37-70-63(82)48-10-6-46(7-11-48)38-77-61(81)34-45(3)64(77)83/h8-9,12-15,35-36,39,45-46,48,78H,4-7,10-11,16-34,37-38,40-44H2,1-3H3,(H,69,79)(H,70,82)(H,71,80)/t45?,46?,48?,68-/m0/s1. The molecular weight excluding hydrogens is 1280 g/mol. The minimum atomic E-state index is -1.98. The van der Waals surface area contributed by atoms with Gasteiger partial charge in [0.25, 0.3) is 5.56 Å². The molecule has 3 aromatic heterocycles. The Bertz CT molecular complexity index is 3580. The average molecular weight is 1370 g/mol. The highest BCUT2D eigenvalue weighted by Crippen LogP contribution is 2.43. The van der Waals surface area contributed by atoms with Crippen molar-refractivity contribution >= 4 is 58.3 Å². The van der Waals surface area contributed by atoms with Gasteiger partial charge >= 0.3 is 12.1 Å². The molecule has 0 bridgehead atoms. The number of aromatic nitrogens is 5. The molecule has 4 N–H and O–H groups in total. The summed E-state index contributed by atoms with van der Waals surface area (Å²) in [5.41, 5.74) is 3.03. The number of rotatable bonds is 42. The van der Waals surface area contributed by atoms with Crippen LogP contribution in [0.4, 0.5) is 10.5 Å². The van der Waals surface area contributed by atoms with E-state index >= 15 is 0 Å². The summed E-state index contributed by atoms with van der Waals surface area (Å²) in [4.78, 5) is 109. The van der Waals surface area contributed by atoms with E-state index in [1.54, 1.807) is 77.8 Å². The van der Waals surface area contributed by atoms with Crippen LogP contribution < -0.4 is 21.5 Å². The number of imide groups is 1. The molecule has 2 atom stereocenters. The normalized spacial score (nSPS) is 17.9. The maximum atomic E-state index is 14.1. The number of carbonyl (C=O) groups is 7. The molecule has 2 fully saturated rings. The number of benzene rings is 2. The van der Waals surface area contributed by atoms with Gasteiger partial charge in [0.1, 0.15) is 37.9 Å². The molecule has 532 valence electrons. The van der Waals surface area contributed by atoms with Crippen LogP contribution in [-0.2, 0) is 130 Å². The third-order valence-electron chi connectivity index (χ3n) is 17.2. The third-order valence-corrected chi connectivity index (χ3v) is 17.2. The number of aromatic hydroxyl groups is 1. The lowest BCUT2D eigenvalue weighted by Gasteiger charge is -2.35. The molecule has 5 aromatic rings. The number of nitrogens with one attached hydrogen (secondary N) is 3. The molecule has 0 spiro atoms. The summed E-state index contributed by atoms with van der Waals surface area (Å²) >= 11 is 0. The molecule has 30 nitrogen and oxygen atoms in total. The highest BCUT2D eigenvalue weighted by Gasteiger charge is 2.51. The van der Waals surface area contributed by atoms with Gasteiger partial charge in [0.05, 0.1) is 154 Å². The first kappa shape index (κ1) is 73.9. The average Bonchev–Trinajstić information content (AvgIpc) is 1.47. The number of amides is 5. The van der Waals surface area contributed by atoms with Gasteiger partial charge in [-0.25, -0.2) is 19.3 Å². The van der Waals surface area contributed by atoms with Gasteiger partial charge in [-0.2, -0.15) is 0 Å². The minimum Gasteiger partial charge on any atom is -0.508 e. The van der Waals surface area contributed by atoms with Gasteiger partial charge in [0.15, 0.2) is 0 Å². The zero-order valence-electron chi connectivity index (χ0n) is 55.9. The molecule has 6 heterocycles.